The molecule has 2 rings (SSSR count). The molecule has 3 N–H and O–H groups in total. The normalized spacial score (nSPS) is 11.0. The Morgan fingerprint density at radius 3 is 2.18 bits per heavy atom. The molecular formula is C18H18F4N2O4. The number of methoxy groups -OCH3 is 1. The van der Waals surface area contributed by atoms with Crippen molar-refractivity contribution in [3.8, 4) is 11.5 Å². The number of carbonyl (C=O) groups is 1. The van der Waals surface area contributed by atoms with Gasteiger partial charge in [-0.05, 0) is 12.1 Å². The molecule has 0 aromatic heterocycles. The number of phenolic OH excluding ortho intramolecular Hbond substituents is 1. The minimum atomic E-state index is -1.19. The van der Waals surface area contributed by atoms with E-state index in [1.165, 1.54) is 16.4 Å². The zero-order chi connectivity index (χ0) is 20.8. The van der Waals surface area contributed by atoms with E-state index in [1.807, 2.05) is 0 Å². The van der Waals surface area contributed by atoms with Crippen molar-refractivity contribution < 1.29 is 37.4 Å². The van der Waals surface area contributed by atoms with E-state index >= 15 is 0 Å². The lowest BCUT2D eigenvalue weighted by Crippen LogP contribution is -2.29. The molecule has 10 heteroatoms. The molecule has 28 heavy (non-hydrogen) atoms. The molecule has 0 heterocycles. The fourth-order valence-electron chi connectivity index (χ4n) is 2.60. The summed E-state index contributed by atoms with van der Waals surface area (Å²) >= 11 is 0. The van der Waals surface area contributed by atoms with Crippen LogP contribution in [0.15, 0.2) is 24.3 Å². The second-order valence-electron chi connectivity index (χ2n) is 5.92. The van der Waals surface area contributed by atoms with Crippen LogP contribution in [0.25, 0.3) is 0 Å². The largest absolute Gasteiger partial charge is 0.503 e. The second kappa shape index (κ2) is 9.38. The predicted molar refractivity (Wildman–Crippen MR) is 89.6 cm³/mol. The van der Waals surface area contributed by atoms with Crippen molar-refractivity contribution in [1.29, 1.82) is 0 Å². The Labute approximate surface area is 157 Å². The molecule has 0 spiro atoms. The SMILES string of the molecule is COc1c(F)ccc(CN(CCC(=O)NO)Cc2ccc(F)c(O)c2F)c1F. The van der Waals surface area contributed by atoms with Crippen molar-refractivity contribution in [2.75, 3.05) is 13.7 Å². The van der Waals surface area contributed by atoms with Gasteiger partial charge in [0, 0.05) is 37.2 Å². The molecule has 2 aromatic carbocycles. The Hall–Kier alpha value is -2.85. The number of ether oxygens (including phenoxy) is 1. The van der Waals surface area contributed by atoms with E-state index < -0.39 is 40.7 Å². The third kappa shape index (κ3) is 4.90. The fraction of sp³-hybridized carbons (Fsp3) is 0.278. The summed E-state index contributed by atoms with van der Waals surface area (Å²) in [5, 5.41) is 18.0. The number of halogens is 4. The van der Waals surface area contributed by atoms with Crippen LogP contribution in [-0.2, 0) is 17.9 Å². The molecule has 0 aliphatic carbocycles. The molecule has 1 amide bonds. The molecule has 0 atom stereocenters. The van der Waals surface area contributed by atoms with Gasteiger partial charge in [-0.15, -0.1) is 0 Å². The average Bonchev–Trinajstić information content (AvgIpc) is 2.68. The van der Waals surface area contributed by atoms with E-state index in [-0.39, 0.29) is 37.2 Å². The van der Waals surface area contributed by atoms with Crippen LogP contribution in [0.4, 0.5) is 17.6 Å². The summed E-state index contributed by atoms with van der Waals surface area (Å²) in [5.41, 5.74) is 1.35. The summed E-state index contributed by atoms with van der Waals surface area (Å²) < 4.78 is 60.0. The minimum Gasteiger partial charge on any atom is -0.503 e. The molecule has 6 nitrogen and oxygen atoms in total. The van der Waals surface area contributed by atoms with Gasteiger partial charge < -0.3 is 9.84 Å². The van der Waals surface area contributed by atoms with Crippen molar-refractivity contribution >= 4 is 5.91 Å². The van der Waals surface area contributed by atoms with Crippen molar-refractivity contribution in [2.45, 2.75) is 19.5 Å². The molecule has 0 bridgehead atoms. The van der Waals surface area contributed by atoms with Crippen LogP contribution in [-0.4, -0.2) is 34.8 Å². The Morgan fingerprint density at radius 1 is 1.04 bits per heavy atom. The highest BCUT2D eigenvalue weighted by Gasteiger charge is 2.20. The highest BCUT2D eigenvalue weighted by molar-refractivity contribution is 5.74. The summed E-state index contributed by atoms with van der Waals surface area (Å²) in [6, 6.07) is 4.14. The topological polar surface area (TPSA) is 82.0 Å². The van der Waals surface area contributed by atoms with Gasteiger partial charge in [-0.1, -0.05) is 12.1 Å². The number of nitrogens with zero attached hydrogens (tertiary/aromatic N) is 1. The molecule has 0 saturated carbocycles. The number of benzene rings is 2. The molecule has 0 aliphatic rings. The highest BCUT2D eigenvalue weighted by atomic mass is 19.1. The number of rotatable bonds is 8. The average molecular weight is 402 g/mol. The van der Waals surface area contributed by atoms with Crippen LogP contribution < -0.4 is 10.2 Å². The maximum absolute atomic E-state index is 14.4. The third-order valence-corrected chi connectivity index (χ3v) is 4.05. The van der Waals surface area contributed by atoms with Crippen LogP contribution >= 0.6 is 0 Å². The molecule has 152 valence electrons. The number of aromatic hydroxyl groups is 1. The molecule has 0 unspecified atom stereocenters. The van der Waals surface area contributed by atoms with Crippen molar-refractivity contribution in [3.63, 3.8) is 0 Å². The summed E-state index contributed by atoms with van der Waals surface area (Å²) in [7, 11) is 1.10. The van der Waals surface area contributed by atoms with E-state index in [1.54, 1.807) is 0 Å². The van der Waals surface area contributed by atoms with E-state index in [9.17, 15) is 27.5 Å². The standard InChI is InChI=1S/C18H18F4N2O4/c1-28-18-13(20)5-3-11(16(18)22)9-24(7-6-14(25)23-27)8-10-2-4-12(19)17(26)15(10)21/h2-5,26-27H,6-9H2,1H3,(H,23,25). The zero-order valence-electron chi connectivity index (χ0n) is 14.8. The first kappa shape index (κ1) is 21.5. The smallest absolute Gasteiger partial charge is 0.244 e. The van der Waals surface area contributed by atoms with Gasteiger partial charge >= 0.3 is 0 Å². The molecular weight excluding hydrogens is 384 g/mol. The first-order valence-electron chi connectivity index (χ1n) is 8.10. The van der Waals surface area contributed by atoms with Gasteiger partial charge in [0.05, 0.1) is 7.11 Å². The van der Waals surface area contributed by atoms with Crippen LogP contribution in [0.5, 0.6) is 11.5 Å². The summed E-state index contributed by atoms with van der Waals surface area (Å²) in [6.45, 7) is -0.459. The lowest BCUT2D eigenvalue weighted by Gasteiger charge is -2.23. The van der Waals surface area contributed by atoms with Gasteiger partial charge in [0.1, 0.15) is 0 Å². The fourth-order valence-corrected chi connectivity index (χ4v) is 2.60. The lowest BCUT2D eigenvalue weighted by atomic mass is 10.1. The van der Waals surface area contributed by atoms with E-state index in [0.29, 0.717) is 0 Å². The third-order valence-electron chi connectivity index (χ3n) is 4.05. The maximum atomic E-state index is 14.4. The Morgan fingerprint density at radius 2 is 1.61 bits per heavy atom. The van der Waals surface area contributed by atoms with Crippen molar-refractivity contribution in [1.82, 2.24) is 10.4 Å². The van der Waals surface area contributed by atoms with Crippen LogP contribution in [0.1, 0.15) is 17.5 Å². The number of hydrogen-bond donors (Lipinski definition) is 3. The van der Waals surface area contributed by atoms with Gasteiger partial charge in [0.2, 0.25) is 5.91 Å². The number of carbonyl (C=O) groups excluding carboxylic acids is 1. The van der Waals surface area contributed by atoms with E-state index in [4.69, 9.17) is 5.21 Å². The molecule has 0 aliphatic heterocycles. The summed E-state index contributed by atoms with van der Waals surface area (Å²) in [5.74, 6) is -6.65. The Balaban J connectivity index is 2.30. The van der Waals surface area contributed by atoms with Gasteiger partial charge in [-0.3, -0.25) is 14.9 Å². The van der Waals surface area contributed by atoms with Gasteiger partial charge in [-0.25, -0.2) is 23.0 Å². The van der Waals surface area contributed by atoms with Crippen LogP contribution in [0.3, 0.4) is 0 Å². The summed E-state index contributed by atoms with van der Waals surface area (Å²) in [6.07, 6.45) is -0.217. The number of hydroxylamine groups is 1. The van der Waals surface area contributed by atoms with Gasteiger partial charge in [-0.2, -0.15) is 0 Å². The monoisotopic (exact) mass is 402 g/mol. The predicted octanol–water partition coefficient (Wildman–Crippen LogP) is 2.85. The zero-order valence-corrected chi connectivity index (χ0v) is 14.8. The van der Waals surface area contributed by atoms with E-state index in [2.05, 4.69) is 4.74 Å². The molecule has 0 saturated heterocycles. The molecule has 0 radical (unpaired) electrons. The van der Waals surface area contributed by atoms with Crippen LogP contribution in [0, 0.1) is 23.3 Å². The number of nitrogens with one attached hydrogen (secondary N) is 1. The maximum Gasteiger partial charge on any atom is 0.244 e. The van der Waals surface area contributed by atoms with Gasteiger partial charge in [0.15, 0.2) is 34.8 Å². The minimum absolute atomic E-state index is 0.00870. The number of amides is 1. The first-order chi connectivity index (χ1) is 13.3. The number of phenols is 1. The Kier molecular flexibility index (Phi) is 7.18. The second-order valence-corrected chi connectivity index (χ2v) is 5.92. The highest BCUT2D eigenvalue weighted by Crippen LogP contribution is 2.27. The molecule has 2 aromatic rings. The van der Waals surface area contributed by atoms with Gasteiger partial charge in [0.25, 0.3) is 0 Å². The first-order valence-corrected chi connectivity index (χ1v) is 8.10. The lowest BCUT2D eigenvalue weighted by molar-refractivity contribution is -0.129. The number of hydrogen-bond acceptors (Lipinski definition) is 5. The van der Waals surface area contributed by atoms with E-state index in [0.717, 1.165) is 25.3 Å². The van der Waals surface area contributed by atoms with Crippen molar-refractivity contribution in [3.05, 3.63) is 58.7 Å². The Bertz CT molecular complexity index is 864. The quantitative estimate of drug-likeness (QED) is 0.359. The van der Waals surface area contributed by atoms with Crippen molar-refractivity contribution in [2.24, 2.45) is 0 Å². The summed E-state index contributed by atoms with van der Waals surface area (Å²) in [4.78, 5) is 12.7. The molecule has 0 fully saturated rings. The van der Waals surface area contributed by atoms with Crippen LogP contribution in [0.2, 0.25) is 0 Å².